The third-order valence-electron chi connectivity index (χ3n) is 3.65. The predicted molar refractivity (Wildman–Crippen MR) is 46.5 cm³/mol. The summed E-state index contributed by atoms with van der Waals surface area (Å²) in [6, 6.07) is 0. The van der Waals surface area contributed by atoms with Crippen LogP contribution in [0.25, 0.3) is 0 Å². The Labute approximate surface area is 72.2 Å². The molecular weight excluding hydrogens is 148 g/mol. The molecule has 3 rings (SSSR count). The predicted octanol–water partition coefficient (Wildman–Crippen LogP) is 1.95. The summed E-state index contributed by atoms with van der Waals surface area (Å²) < 4.78 is 0. The normalized spacial score (nSPS) is 48.4. The maximum absolute atomic E-state index is 11.7. The molecule has 0 radical (unpaired) electrons. The largest absolute Gasteiger partial charge is 0.294 e. The lowest BCUT2D eigenvalue weighted by Gasteiger charge is -2.17. The van der Waals surface area contributed by atoms with Gasteiger partial charge in [0.25, 0.3) is 0 Å². The van der Waals surface area contributed by atoms with Crippen molar-refractivity contribution in [2.45, 2.75) is 13.3 Å². The number of fused-ring (bicyclic) bond motifs is 5. The first kappa shape index (κ1) is 6.64. The third kappa shape index (κ3) is 0.588. The van der Waals surface area contributed by atoms with E-state index in [9.17, 15) is 4.79 Å². The topological polar surface area (TPSA) is 17.1 Å². The average Bonchev–Trinajstić information content (AvgIpc) is 2.66. The first-order valence-corrected chi connectivity index (χ1v) is 4.68. The van der Waals surface area contributed by atoms with Crippen molar-refractivity contribution in [3.05, 3.63) is 23.8 Å². The van der Waals surface area contributed by atoms with E-state index in [1.54, 1.807) is 0 Å². The van der Waals surface area contributed by atoms with Crippen LogP contribution in [0.5, 0.6) is 0 Å². The van der Waals surface area contributed by atoms with Gasteiger partial charge in [-0.05, 0) is 36.7 Å². The van der Waals surface area contributed by atoms with Gasteiger partial charge in [-0.15, -0.1) is 0 Å². The third-order valence-corrected chi connectivity index (χ3v) is 3.65. The van der Waals surface area contributed by atoms with E-state index in [-0.39, 0.29) is 0 Å². The zero-order valence-corrected chi connectivity index (χ0v) is 7.16. The van der Waals surface area contributed by atoms with E-state index in [1.807, 2.05) is 6.92 Å². The monoisotopic (exact) mass is 160 g/mol. The van der Waals surface area contributed by atoms with Crippen molar-refractivity contribution in [2.24, 2.45) is 23.7 Å². The van der Waals surface area contributed by atoms with E-state index in [0.29, 0.717) is 29.5 Å². The highest BCUT2D eigenvalue weighted by Gasteiger charge is 2.50. The van der Waals surface area contributed by atoms with Gasteiger partial charge >= 0.3 is 0 Å². The summed E-state index contributed by atoms with van der Waals surface area (Å²) in [6.07, 6.45) is 7.97. The molecule has 1 nitrogen and oxygen atoms in total. The van der Waals surface area contributed by atoms with Crippen LogP contribution in [0.1, 0.15) is 13.3 Å². The molecule has 0 unspecified atom stereocenters. The highest BCUT2D eigenvalue weighted by Crippen LogP contribution is 2.52. The highest BCUT2D eigenvalue weighted by atomic mass is 16.1. The number of hydrogen-bond acceptors (Lipinski definition) is 1. The fraction of sp³-hybridized carbons (Fsp3) is 0.545. The zero-order valence-electron chi connectivity index (χ0n) is 7.16. The average molecular weight is 160 g/mol. The highest BCUT2D eigenvalue weighted by molar-refractivity contribution is 6.00. The Bertz CT molecular complexity index is 311. The number of carbonyl (C=O) groups excluding carboxylic acids is 1. The second kappa shape index (κ2) is 1.90. The van der Waals surface area contributed by atoms with Gasteiger partial charge in [-0.2, -0.15) is 0 Å². The van der Waals surface area contributed by atoms with Crippen LogP contribution in [0.15, 0.2) is 23.8 Å². The van der Waals surface area contributed by atoms with Crippen molar-refractivity contribution in [3.63, 3.8) is 0 Å². The summed E-state index contributed by atoms with van der Waals surface area (Å²) in [4.78, 5) is 11.7. The Balaban J connectivity index is 2.07. The minimum Gasteiger partial charge on any atom is -0.294 e. The van der Waals surface area contributed by atoms with Crippen molar-refractivity contribution >= 4 is 5.78 Å². The SMILES string of the molecule is CC1=C[C@@H]2[C@H](C1=O)[C@H]1C=C[C@@H]2C1. The molecular formula is C11H12O. The minimum absolute atomic E-state index is 0.333. The van der Waals surface area contributed by atoms with E-state index < -0.39 is 0 Å². The summed E-state index contributed by atoms with van der Waals surface area (Å²) in [5.74, 6) is 2.56. The van der Waals surface area contributed by atoms with E-state index in [2.05, 4.69) is 18.2 Å². The Kier molecular flexibility index (Phi) is 1.05. The van der Waals surface area contributed by atoms with Crippen LogP contribution in [-0.2, 0) is 4.79 Å². The molecule has 62 valence electrons. The van der Waals surface area contributed by atoms with Gasteiger partial charge in [-0.25, -0.2) is 0 Å². The van der Waals surface area contributed by atoms with E-state index in [1.165, 1.54) is 6.42 Å². The quantitative estimate of drug-likeness (QED) is 0.495. The van der Waals surface area contributed by atoms with Crippen LogP contribution in [0.4, 0.5) is 0 Å². The number of rotatable bonds is 0. The second-order valence-electron chi connectivity index (χ2n) is 4.27. The smallest absolute Gasteiger partial charge is 0.162 e. The van der Waals surface area contributed by atoms with Gasteiger partial charge in [0.15, 0.2) is 5.78 Å². The lowest BCUT2D eigenvalue weighted by molar-refractivity contribution is -0.119. The second-order valence-corrected chi connectivity index (χ2v) is 4.27. The van der Waals surface area contributed by atoms with Crippen LogP contribution < -0.4 is 0 Å². The van der Waals surface area contributed by atoms with Gasteiger partial charge in [0.2, 0.25) is 0 Å². The summed E-state index contributed by atoms with van der Waals surface area (Å²) in [5.41, 5.74) is 1.00. The van der Waals surface area contributed by atoms with Crippen molar-refractivity contribution in [1.82, 2.24) is 0 Å². The Hall–Kier alpha value is -0.850. The van der Waals surface area contributed by atoms with Gasteiger partial charge in [0.1, 0.15) is 0 Å². The van der Waals surface area contributed by atoms with Crippen molar-refractivity contribution in [3.8, 4) is 0 Å². The summed E-state index contributed by atoms with van der Waals surface area (Å²) >= 11 is 0. The maximum Gasteiger partial charge on any atom is 0.162 e. The molecule has 0 aromatic heterocycles. The molecule has 1 heteroatoms. The number of carbonyl (C=O) groups is 1. The molecule has 0 heterocycles. The van der Waals surface area contributed by atoms with E-state index >= 15 is 0 Å². The van der Waals surface area contributed by atoms with Crippen LogP contribution in [-0.4, -0.2) is 5.78 Å². The number of allylic oxidation sites excluding steroid dienone is 4. The Morgan fingerprint density at radius 2 is 2.08 bits per heavy atom. The van der Waals surface area contributed by atoms with Crippen molar-refractivity contribution in [2.75, 3.05) is 0 Å². The van der Waals surface area contributed by atoms with Gasteiger partial charge < -0.3 is 0 Å². The van der Waals surface area contributed by atoms with Gasteiger partial charge in [-0.1, -0.05) is 18.2 Å². The summed E-state index contributed by atoms with van der Waals surface area (Å²) in [5, 5.41) is 0. The van der Waals surface area contributed by atoms with Gasteiger partial charge in [-0.3, -0.25) is 4.79 Å². The number of hydrogen-bond donors (Lipinski definition) is 0. The molecule has 3 aliphatic carbocycles. The van der Waals surface area contributed by atoms with Crippen LogP contribution in [0.3, 0.4) is 0 Å². The maximum atomic E-state index is 11.7. The molecule has 1 fully saturated rings. The standard InChI is InChI=1S/C11H12O/c1-6-4-9-7-2-3-8(5-7)10(9)11(6)12/h2-4,7-10H,5H2,1H3/t7-,8+,9+,10-/m1/s1. The molecule has 0 spiro atoms. The fourth-order valence-electron chi connectivity index (χ4n) is 3.09. The van der Waals surface area contributed by atoms with Crippen molar-refractivity contribution < 1.29 is 4.79 Å². The Morgan fingerprint density at radius 3 is 2.83 bits per heavy atom. The van der Waals surface area contributed by atoms with E-state index in [4.69, 9.17) is 0 Å². The molecule has 0 amide bonds. The van der Waals surface area contributed by atoms with E-state index in [0.717, 1.165) is 5.57 Å². The molecule has 12 heavy (non-hydrogen) atoms. The molecule has 0 aromatic rings. The van der Waals surface area contributed by atoms with Crippen LogP contribution in [0, 0.1) is 23.7 Å². The molecule has 3 aliphatic rings. The molecule has 1 saturated carbocycles. The van der Waals surface area contributed by atoms with Crippen LogP contribution >= 0.6 is 0 Å². The molecule has 0 aliphatic heterocycles. The molecule has 2 bridgehead atoms. The van der Waals surface area contributed by atoms with Crippen LogP contribution in [0.2, 0.25) is 0 Å². The zero-order chi connectivity index (χ0) is 8.29. The lowest BCUT2D eigenvalue weighted by Crippen LogP contribution is -2.20. The molecule has 0 saturated heterocycles. The number of ketones is 1. The molecule has 0 N–H and O–H groups in total. The summed E-state index contributed by atoms with van der Waals surface area (Å²) in [7, 11) is 0. The number of Topliss-reactive ketones (excluding diaryl/α,β-unsaturated/α-hetero) is 1. The molecule has 0 aromatic carbocycles. The molecule has 4 atom stereocenters. The van der Waals surface area contributed by atoms with Gasteiger partial charge in [0, 0.05) is 5.92 Å². The first-order chi connectivity index (χ1) is 5.77. The fourth-order valence-corrected chi connectivity index (χ4v) is 3.09. The summed E-state index contributed by atoms with van der Waals surface area (Å²) in [6.45, 7) is 1.96. The Morgan fingerprint density at radius 1 is 1.33 bits per heavy atom. The first-order valence-electron chi connectivity index (χ1n) is 4.68. The van der Waals surface area contributed by atoms with Gasteiger partial charge in [0.05, 0.1) is 0 Å². The minimum atomic E-state index is 0.333. The van der Waals surface area contributed by atoms with Crippen molar-refractivity contribution in [1.29, 1.82) is 0 Å². The lowest BCUT2D eigenvalue weighted by atomic mass is 9.85.